The first-order valence-corrected chi connectivity index (χ1v) is 12.8. The van der Waals surface area contributed by atoms with E-state index in [4.69, 9.17) is 16.6 Å². The van der Waals surface area contributed by atoms with Gasteiger partial charge in [-0.25, -0.2) is 4.39 Å². The zero-order valence-corrected chi connectivity index (χ0v) is 20.6. The molecule has 0 radical (unpaired) electrons. The lowest BCUT2D eigenvalue weighted by atomic mass is 9.97. The maximum absolute atomic E-state index is 15.5. The Bertz CT molecular complexity index is 1480. The zero-order valence-electron chi connectivity index (χ0n) is 19.9. The quantitative estimate of drug-likeness (QED) is 0.526. The summed E-state index contributed by atoms with van der Waals surface area (Å²) < 4.78 is 17.3. The standard InChI is InChI=1S/C27H25ClFN5O2/c1-32-22-11-18(5-7-20(22)23(28)31-32)17-4-6-19(21(29)10-17)24-30-27(8-9-27)26(36)34(24)14-15-12-33(13-15)25(35)16-2-3-16/h4-7,10-11,15-16H,2-3,8-9,12-14H2,1H3. The Labute approximate surface area is 212 Å². The van der Waals surface area contributed by atoms with E-state index in [2.05, 4.69) is 5.10 Å². The van der Waals surface area contributed by atoms with Crippen molar-refractivity contribution in [1.29, 1.82) is 0 Å². The van der Waals surface area contributed by atoms with Crippen LogP contribution in [0.15, 0.2) is 41.4 Å². The number of nitrogens with zero attached hydrogens (tertiary/aromatic N) is 5. The van der Waals surface area contributed by atoms with E-state index in [1.165, 1.54) is 6.07 Å². The van der Waals surface area contributed by atoms with E-state index in [9.17, 15) is 9.59 Å². The van der Waals surface area contributed by atoms with E-state index >= 15 is 4.39 Å². The largest absolute Gasteiger partial charge is 0.342 e. The number of aliphatic imine (C=N–C) groups is 1. The van der Waals surface area contributed by atoms with Crippen molar-refractivity contribution in [3.05, 3.63) is 52.9 Å². The van der Waals surface area contributed by atoms with Crippen LogP contribution in [0.4, 0.5) is 4.39 Å². The second-order valence-electron chi connectivity index (χ2n) is 10.6. The minimum Gasteiger partial charge on any atom is -0.342 e. The first kappa shape index (κ1) is 22.0. The molecule has 36 heavy (non-hydrogen) atoms. The average molecular weight is 506 g/mol. The molecule has 2 saturated carbocycles. The number of carbonyl (C=O) groups excluding carboxylic acids is 2. The smallest absolute Gasteiger partial charge is 0.256 e. The highest BCUT2D eigenvalue weighted by atomic mass is 35.5. The van der Waals surface area contributed by atoms with Gasteiger partial charge in [0.15, 0.2) is 5.15 Å². The molecule has 2 aliphatic heterocycles. The second kappa shape index (κ2) is 7.62. The zero-order chi connectivity index (χ0) is 24.8. The minimum absolute atomic E-state index is 0.0357. The Morgan fingerprint density at radius 1 is 1.14 bits per heavy atom. The van der Waals surface area contributed by atoms with Crippen molar-refractivity contribution in [2.45, 2.75) is 31.2 Å². The summed E-state index contributed by atoms with van der Waals surface area (Å²) >= 11 is 6.18. The molecule has 0 unspecified atom stereocenters. The molecule has 3 fully saturated rings. The summed E-state index contributed by atoms with van der Waals surface area (Å²) in [7, 11) is 1.82. The number of hydrogen-bond donors (Lipinski definition) is 0. The Morgan fingerprint density at radius 2 is 1.86 bits per heavy atom. The summed E-state index contributed by atoms with van der Waals surface area (Å²) in [5, 5.41) is 5.52. The molecule has 1 aromatic heterocycles. The number of hydrogen-bond acceptors (Lipinski definition) is 4. The van der Waals surface area contributed by atoms with Gasteiger partial charge in [0.2, 0.25) is 5.91 Å². The van der Waals surface area contributed by atoms with Crippen LogP contribution in [-0.4, -0.2) is 62.4 Å². The molecule has 2 aromatic carbocycles. The van der Waals surface area contributed by atoms with Gasteiger partial charge < -0.3 is 4.90 Å². The number of rotatable bonds is 5. The number of amidine groups is 1. The summed E-state index contributed by atoms with van der Waals surface area (Å²) in [5.41, 5.74) is 2.07. The number of aromatic nitrogens is 2. The van der Waals surface area contributed by atoms with Crippen LogP contribution in [-0.2, 0) is 16.6 Å². The molecule has 184 valence electrons. The first-order valence-electron chi connectivity index (χ1n) is 12.5. The number of amides is 2. The number of carbonyl (C=O) groups is 2. The van der Waals surface area contributed by atoms with Gasteiger partial charge in [0.1, 0.15) is 17.2 Å². The van der Waals surface area contributed by atoms with E-state index < -0.39 is 11.4 Å². The van der Waals surface area contributed by atoms with Gasteiger partial charge in [0, 0.05) is 43.9 Å². The number of halogens is 2. The molecule has 3 aromatic rings. The maximum Gasteiger partial charge on any atom is 0.256 e. The highest BCUT2D eigenvalue weighted by Crippen LogP contribution is 2.46. The molecule has 2 aliphatic carbocycles. The molecule has 0 N–H and O–H groups in total. The van der Waals surface area contributed by atoms with Crippen molar-refractivity contribution in [3.8, 4) is 11.1 Å². The van der Waals surface area contributed by atoms with Crippen LogP contribution in [0.2, 0.25) is 5.15 Å². The van der Waals surface area contributed by atoms with E-state index in [0.717, 1.165) is 34.9 Å². The summed E-state index contributed by atoms with van der Waals surface area (Å²) in [4.78, 5) is 33.8. The molecule has 7 rings (SSSR count). The van der Waals surface area contributed by atoms with Gasteiger partial charge in [-0.15, -0.1) is 0 Å². The van der Waals surface area contributed by atoms with Crippen LogP contribution >= 0.6 is 11.6 Å². The monoisotopic (exact) mass is 505 g/mol. The maximum atomic E-state index is 15.5. The predicted octanol–water partition coefficient (Wildman–Crippen LogP) is 4.02. The molecule has 2 amide bonds. The molecule has 7 nitrogen and oxygen atoms in total. The third kappa shape index (κ3) is 3.38. The van der Waals surface area contributed by atoms with Gasteiger partial charge in [0.05, 0.1) is 11.1 Å². The lowest BCUT2D eigenvalue weighted by Crippen LogP contribution is -2.55. The third-order valence-corrected chi connectivity index (χ3v) is 8.21. The molecular weight excluding hydrogens is 481 g/mol. The van der Waals surface area contributed by atoms with Crippen LogP contribution in [0, 0.1) is 17.7 Å². The summed E-state index contributed by atoms with van der Waals surface area (Å²) in [6.07, 6.45) is 3.39. The molecule has 0 atom stereocenters. The highest BCUT2D eigenvalue weighted by Gasteiger charge is 2.58. The van der Waals surface area contributed by atoms with E-state index in [0.29, 0.717) is 49.0 Å². The van der Waals surface area contributed by atoms with Gasteiger partial charge in [-0.3, -0.25) is 24.2 Å². The van der Waals surface area contributed by atoms with Crippen molar-refractivity contribution in [2.75, 3.05) is 19.6 Å². The van der Waals surface area contributed by atoms with Gasteiger partial charge in [-0.1, -0.05) is 23.7 Å². The number of likely N-dealkylation sites (tertiary alicyclic amines) is 1. The fourth-order valence-electron chi connectivity index (χ4n) is 5.46. The van der Waals surface area contributed by atoms with Crippen molar-refractivity contribution in [2.24, 2.45) is 23.9 Å². The molecule has 1 saturated heterocycles. The second-order valence-corrected chi connectivity index (χ2v) is 11.0. The van der Waals surface area contributed by atoms with Crippen LogP contribution in [0.3, 0.4) is 0 Å². The van der Waals surface area contributed by atoms with Crippen molar-refractivity contribution in [1.82, 2.24) is 19.6 Å². The van der Waals surface area contributed by atoms with Crippen LogP contribution in [0.5, 0.6) is 0 Å². The van der Waals surface area contributed by atoms with Crippen LogP contribution in [0.25, 0.3) is 22.0 Å². The summed E-state index contributed by atoms with van der Waals surface area (Å²) in [5.74, 6) is 0.600. The Kier molecular flexibility index (Phi) is 4.65. The average Bonchev–Trinajstić information content (AvgIpc) is 3.75. The SMILES string of the molecule is Cn1nc(Cl)c2ccc(-c3ccc(C4=NC5(CC5)C(=O)N4CC4CN(C(=O)C5CC5)C4)c(F)c3)cc21. The van der Waals surface area contributed by atoms with Crippen molar-refractivity contribution >= 4 is 40.2 Å². The van der Waals surface area contributed by atoms with Crippen LogP contribution in [0.1, 0.15) is 31.2 Å². The summed E-state index contributed by atoms with van der Waals surface area (Å²) in [6.45, 7) is 1.77. The minimum atomic E-state index is -0.711. The van der Waals surface area contributed by atoms with E-state index in [1.807, 2.05) is 36.2 Å². The molecule has 9 heteroatoms. The lowest BCUT2D eigenvalue weighted by molar-refractivity contribution is -0.139. The molecular formula is C27H25ClFN5O2. The number of aryl methyl sites for hydroxylation is 1. The normalized spacial score (nSPS) is 20.9. The molecule has 4 aliphatic rings. The van der Waals surface area contributed by atoms with E-state index in [-0.39, 0.29) is 23.7 Å². The van der Waals surface area contributed by atoms with Crippen molar-refractivity contribution < 1.29 is 14.0 Å². The third-order valence-electron chi connectivity index (χ3n) is 7.93. The number of benzene rings is 2. The van der Waals surface area contributed by atoms with E-state index in [1.54, 1.807) is 15.6 Å². The van der Waals surface area contributed by atoms with Gasteiger partial charge >= 0.3 is 0 Å². The first-order chi connectivity index (χ1) is 17.3. The summed E-state index contributed by atoms with van der Waals surface area (Å²) in [6, 6.07) is 10.8. The van der Waals surface area contributed by atoms with Gasteiger partial charge in [0.25, 0.3) is 5.91 Å². The topological polar surface area (TPSA) is 70.8 Å². The van der Waals surface area contributed by atoms with Gasteiger partial charge in [-0.05, 0) is 61.1 Å². The fraction of sp³-hybridized carbons (Fsp3) is 0.407. The fourth-order valence-corrected chi connectivity index (χ4v) is 5.73. The Balaban J connectivity index is 1.15. The molecule has 1 spiro atoms. The van der Waals surface area contributed by atoms with Gasteiger partial charge in [-0.2, -0.15) is 5.10 Å². The molecule has 3 heterocycles. The Morgan fingerprint density at radius 3 is 2.56 bits per heavy atom. The molecule has 0 bridgehead atoms. The van der Waals surface area contributed by atoms with Crippen molar-refractivity contribution in [3.63, 3.8) is 0 Å². The Hall–Kier alpha value is -3.26. The highest BCUT2D eigenvalue weighted by molar-refractivity contribution is 6.34. The number of fused-ring (bicyclic) bond motifs is 1. The lowest BCUT2D eigenvalue weighted by Gasteiger charge is -2.41. The predicted molar refractivity (Wildman–Crippen MR) is 134 cm³/mol. The van der Waals surface area contributed by atoms with Crippen LogP contribution < -0.4 is 0 Å².